The summed E-state index contributed by atoms with van der Waals surface area (Å²) in [6.45, 7) is 14.8. The molecule has 20 heteroatoms. The maximum Gasteiger partial charge on any atom is 0.270 e. The maximum absolute atomic E-state index is 12.8. The molecule has 0 aromatic heterocycles. The van der Waals surface area contributed by atoms with Crippen molar-refractivity contribution in [2.24, 2.45) is 0 Å². The summed E-state index contributed by atoms with van der Waals surface area (Å²) in [7, 11) is -0.0213. The molecule has 3 N–H and O–H groups in total. The second kappa shape index (κ2) is 30.2. The number of nitro groups is 2. The van der Waals surface area contributed by atoms with Crippen LogP contribution in [0, 0.1) is 27.2 Å². The van der Waals surface area contributed by atoms with Gasteiger partial charge in [0.25, 0.3) is 11.4 Å². The molecule has 0 spiro atoms. The predicted molar refractivity (Wildman–Crippen MR) is 382 cm³/mol. The van der Waals surface area contributed by atoms with Gasteiger partial charge in [-0.05, 0) is 178 Å². The Morgan fingerprint density at radius 1 is 0.687 bits per heavy atom. The van der Waals surface area contributed by atoms with E-state index in [1.165, 1.54) is 75.1 Å². The Hall–Kier alpha value is -8.44. The number of nitro benzene ring substituents is 2. The molecular weight excluding hydrogens is 1280 g/mol. The lowest BCUT2D eigenvalue weighted by Gasteiger charge is -2.39. The van der Waals surface area contributed by atoms with Crippen molar-refractivity contribution in [3.8, 4) is 11.5 Å². The average Bonchev–Trinajstić information content (AvgIpc) is 1.59. The van der Waals surface area contributed by atoms with Crippen molar-refractivity contribution in [3.05, 3.63) is 228 Å². The molecule has 12 rings (SSSR count). The Bertz CT molecular complexity index is 4460. The van der Waals surface area contributed by atoms with Gasteiger partial charge in [0, 0.05) is 78.7 Å². The highest BCUT2D eigenvalue weighted by atomic mass is 32.2. The number of benzene rings is 7. The van der Waals surface area contributed by atoms with E-state index in [1.54, 1.807) is 18.2 Å². The lowest BCUT2D eigenvalue weighted by molar-refractivity contribution is -0.401. The molecule has 0 saturated carbocycles. The van der Waals surface area contributed by atoms with Crippen molar-refractivity contribution < 1.29 is 66.4 Å². The zero-order valence-electron chi connectivity index (χ0n) is 57.8. The Morgan fingerprint density at radius 3 is 1.90 bits per heavy atom. The van der Waals surface area contributed by atoms with Gasteiger partial charge in [0.15, 0.2) is 18.3 Å². The smallest absolute Gasteiger partial charge is 0.270 e. The van der Waals surface area contributed by atoms with Gasteiger partial charge in [0.2, 0.25) is 5.69 Å². The van der Waals surface area contributed by atoms with Gasteiger partial charge in [0.1, 0.15) is 34.4 Å². The van der Waals surface area contributed by atoms with E-state index >= 15 is 0 Å². The Labute approximate surface area is 579 Å². The molecule has 0 radical (unpaired) electrons. The van der Waals surface area contributed by atoms with E-state index in [-0.39, 0.29) is 44.5 Å². The Balaban J connectivity index is 0.000000821. The first-order valence-electron chi connectivity index (χ1n) is 34.4. The summed E-state index contributed by atoms with van der Waals surface area (Å²) in [6.07, 6.45) is 10.9. The molecule has 0 amide bonds. The number of likely N-dealkylation sites (N-methyl/N-ethyl adjacent to an activating group) is 1. The normalized spacial score (nSPS) is 22.8. The number of phenols is 1. The van der Waals surface area contributed by atoms with Crippen LogP contribution in [0.15, 0.2) is 185 Å². The molecule has 99 heavy (non-hydrogen) atoms. The summed E-state index contributed by atoms with van der Waals surface area (Å²) in [6, 6.07) is 40.0. The molecule has 4 heterocycles. The van der Waals surface area contributed by atoms with E-state index in [1.807, 2.05) is 20.8 Å². The van der Waals surface area contributed by atoms with Gasteiger partial charge in [-0.25, -0.2) is 8.42 Å². The summed E-state index contributed by atoms with van der Waals surface area (Å²) in [5.74, 6) is 0.779. The standard InChI is InChI=1S/C72H82N4O12.C7H8O3S/c1-9-50(77)21-16-22-52-42-53(85-69(84-52)58-39-48(75(80)81)29-35-62(58)79)31-32-54-43-55(41-51(78)10-2)87-70(86-54)59-40-49(76(82)83)30-36-63(59)88-68-46(27-37-64-71(3,4)66-56-23-13-11-17-44(56)25-33-60(66)73(64)7)19-15-20-47(68)28-38-65-72(5,6)67-57-24-14-12-18-45(57)26-34-61(67)74(65)8;1-6-2-4-7(5-3-6)11(8,9)10/h11-14,17-18,23-30,33-40,50-55,69-70,77-78H,9-10,15-16,19-22,31-32,41-43H2,1-8H3;2-5H,1H3,(H,8,9,10). The molecule has 1 aliphatic carbocycles. The van der Waals surface area contributed by atoms with E-state index in [2.05, 4.69) is 148 Å². The zero-order valence-corrected chi connectivity index (χ0v) is 58.6. The molecule has 8 atom stereocenters. The average molecular weight is 1370 g/mol. The number of non-ortho nitro benzene ring substituents is 2. The monoisotopic (exact) mass is 1370 g/mol. The van der Waals surface area contributed by atoms with Crippen LogP contribution in [0.25, 0.3) is 21.5 Å². The van der Waals surface area contributed by atoms with Gasteiger partial charge in [-0.2, -0.15) is 4.58 Å². The Kier molecular flexibility index (Phi) is 21.9. The van der Waals surface area contributed by atoms with Crippen molar-refractivity contribution in [2.75, 3.05) is 19.0 Å². The first-order chi connectivity index (χ1) is 47.2. The zero-order chi connectivity index (χ0) is 70.7. The lowest BCUT2D eigenvalue weighted by atomic mass is 9.78. The van der Waals surface area contributed by atoms with Crippen molar-refractivity contribution in [1.29, 1.82) is 0 Å². The highest BCUT2D eigenvalue weighted by molar-refractivity contribution is 7.85. The molecule has 0 bridgehead atoms. The van der Waals surface area contributed by atoms with Crippen LogP contribution in [0.1, 0.15) is 165 Å². The third-order valence-electron chi connectivity index (χ3n) is 20.3. The number of fused-ring (bicyclic) bond motifs is 6. The number of ether oxygens (including phenoxy) is 5. The van der Waals surface area contributed by atoms with Crippen LogP contribution in [0.4, 0.5) is 22.7 Å². The molecule has 7 aromatic carbocycles. The summed E-state index contributed by atoms with van der Waals surface area (Å²) in [4.78, 5) is 25.8. The number of aromatic hydroxyl groups is 1. The van der Waals surface area contributed by atoms with E-state index in [4.69, 9.17) is 23.7 Å². The second-order valence-corrected chi connectivity index (χ2v) is 29.2. The summed E-state index contributed by atoms with van der Waals surface area (Å²) < 4.78 is 67.5. The molecule has 522 valence electrons. The second-order valence-electron chi connectivity index (χ2n) is 27.8. The molecular formula is C79H90N4O15S. The number of rotatable bonds is 21. The van der Waals surface area contributed by atoms with Crippen LogP contribution in [-0.2, 0) is 39.9 Å². The van der Waals surface area contributed by atoms with E-state index in [0.29, 0.717) is 94.1 Å². The number of anilines is 1. The van der Waals surface area contributed by atoms with Crippen LogP contribution in [0.2, 0.25) is 0 Å². The predicted octanol–water partition coefficient (Wildman–Crippen LogP) is 16.7. The van der Waals surface area contributed by atoms with E-state index in [0.717, 1.165) is 45.9 Å². The number of allylic oxidation sites excluding steroid dienone is 7. The Morgan fingerprint density at radius 2 is 1.26 bits per heavy atom. The quantitative estimate of drug-likeness (QED) is 0.0261. The fourth-order valence-electron chi connectivity index (χ4n) is 14.9. The fourth-order valence-corrected chi connectivity index (χ4v) is 15.4. The van der Waals surface area contributed by atoms with Gasteiger partial charge in [-0.3, -0.25) is 20.2 Å². The molecule has 2 fully saturated rings. The minimum atomic E-state index is -4.27. The summed E-state index contributed by atoms with van der Waals surface area (Å²) >= 11 is 0. The molecule has 5 aliphatic rings. The van der Waals surface area contributed by atoms with Gasteiger partial charge >= 0.3 is 0 Å². The summed E-state index contributed by atoms with van der Waals surface area (Å²) in [5, 5.41) is 62.0. The largest absolute Gasteiger partial charge is 0.744 e. The van der Waals surface area contributed by atoms with Gasteiger partial charge in [-0.1, -0.05) is 106 Å². The fraction of sp³-hybridized carbons (Fsp3) is 0.405. The minimum absolute atomic E-state index is 0.148. The lowest BCUT2D eigenvalue weighted by Crippen LogP contribution is -2.38. The topological polar surface area (TPSA) is 257 Å². The van der Waals surface area contributed by atoms with Crippen molar-refractivity contribution in [1.82, 2.24) is 0 Å². The van der Waals surface area contributed by atoms with E-state index in [9.17, 15) is 48.5 Å². The van der Waals surface area contributed by atoms with Crippen molar-refractivity contribution >= 4 is 60.1 Å². The van der Waals surface area contributed by atoms with Crippen LogP contribution in [0.3, 0.4) is 0 Å². The number of hydrogen-bond acceptors (Lipinski definition) is 16. The van der Waals surface area contributed by atoms with Crippen LogP contribution < -0.4 is 9.64 Å². The van der Waals surface area contributed by atoms with Crippen LogP contribution in [0.5, 0.6) is 11.5 Å². The molecule has 19 nitrogen and oxygen atoms in total. The number of aliphatic hydroxyl groups is 2. The number of phenolic OH excluding ortho intramolecular Hbond substituents is 1. The number of nitrogens with zero attached hydrogens (tertiary/aromatic N) is 4. The number of hydrogen-bond donors (Lipinski definition) is 3. The van der Waals surface area contributed by atoms with Crippen LogP contribution >= 0.6 is 0 Å². The third kappa shape index (κ3) is 15.8. The molecule has 7 aromatic rings. The van der Waals surface area contributed by atoms with Gasteiger partial charge in [-0.15, -0.1) is 0 Å². The van der Waals surface area contributed by atoms with Crippen LogP contribution in [-0.4, -0.2) is 99.1 Å². The molecule has 8 unspecified atom stereocenters. The first-order valence-corrected chi connectivity index (χ1v) is 35.8. The number of aliphatic hydroxyl groups excluding tert-OH is 2. The van der Waals surface area contributed by atoms with Crippen molar-refractivity contribution in [3.63, 3.8) is 0 Å². The number of aryl methyl sites for hydroxylation is 1. The van der Waals surface area contributed by atoms with Gasteiger partial charge in [0.05, 0.1) is 67.9 Å². The molecule has 2 saturated heterocycles. The minimum Gasteiger partial charge on any atom is -0.744 e. The van der Waals surface area contributed by atoms with E-state index < -0.39 is 63.1 Å². The van der Waals surface area contributed by atoms with Crippen molar-refractivity contribution in [2.45, 2.75) is 197 Å². The first kappa shape index (κ1) is 71.8. The highest BCUT2D eigenvalue weighted by Gasteiger charge is 2.45. The highest BCUT2D eigenvalue weighted by Crippen LogP contribution is 2.51. The SMILES string of the molecule is CCC(O)CCCC1CC(CCC2CC(CC(O)CC)OC(c3cc([N+](=O)[O-])ccc3OC3=C(/C=C/C4=[N+](C)c5ccc6ccccc6c5C4(C)C)CCC/C3=C\C=C3\N(C)c4ccc5ccccc5c4C3(C)C)O2)OC(c2cc([N+](=O)[O-])ccc2O)O1.Cc1ccc(S(=O)(=O)[O-])cc1. The third-order valence-corrected chi connectivity index (χ3v) is 21.1. The maximum atomic E-state index is 12.8. The molecule has 4 aliphatic heterocycles. The summed E-state index contributed by atoms with van der Waals surface area (Å²) in [5.41, 5.74) is 9.34. The van der Waals surface area contributed by atoms with Gasteiger partial charge < -0.3 is 48.5 Å².